The summed E-state index contributed by atoms with van der Waals surface area (Å²) < 4.78 is 10.5. The normalized spacial score (nSPS) is 17.5. The second-order valence-corrected chi connectivity index (χ2v) is 5.02. The molecular formula is H3IN8W. The second-order valence-electron chi connectivity index (χ2n) is 0.713. The number of rotatable bonds is 3. The number of hydrogen-bond acceptors (Lipinski definition) is 2. The average Bonchev–Trinajstić information content (AvgIpc) is 1.96. The molecule has 0 fully saturated rings. The molecular weight excluding hydrogens is 423 g/mol. The molecule has 56 valence electrons. The van der Waals surface area contributed by atoms with Crippen molar-refractivity contribution >= 4 is 19.4 Å². The van der Waals surface area contributed by atoms with Crippen LogP contribution in [0.4, 0.5) is 0 Å². The Bertz CT molecular complexity index is 200. The molecule has 10 heavy (non-hydrogen) atoms. The summed E-state index contributed by atoms with van der Waals surface area (Å²) in [6.07, 6.45) is 0. The maximum atomic E-state index is 7.02. The molecule has 0 bridgehead atoms. The van der Waals surface area contributed by atoms with Crippen molar-refractivity contribution in [3.63, 3.8) is 0 Å². The molecule has 0 atom stereocenters. The molecule has 10 heteroatoms. The Balaban J connectivity index is 3.69. The molecule has 0 amide bonds. The zero-order valence-electron chi connectivity index (χ0n) is 5.49. The SMILES string of the molecule is [2H]\[W]([I])=[N]/N=N/N=N/N=N/N. The van der Waals surface area contributed by atoms with Gasteiger partial charge in [0.1, 0.15) is 0 Å². The van der Waals surface area contributed by atoms with Crippen LogP contribution in [0.1, 0.15) is 0 Å². The Morgan fingerprint density at radius 2 is 1.80 bits per heavy atom. The topological polar surface area (TPSA) is 113 Å². The van der Waals surface area contributed by atoms with Gasteiger partial charge in [-0.2, -0.15) is 0 Å². The van der Waals surface area contributed by atoms with Gasteiger partial charge in [-0.1, -0.05) is 0 Å². The molecule has 0 aromatic rings. The van der Waals surface area contributed by atoms with E-state index in [9.17, 15) is 0 Å². The number of hydrogen-bond donors (Lipinski definition) is 1. The molecule has 2 N–H and O–H groups in total. The molecule has 8 nitrogen and oxygen atoms in total. The molecule has 0 rings (SSSR count). The van der Waals surface area contributed by atoms with E-state index in [1.807, 2.05) is 19.4 Å². The standard InChI is InChI=1S/HI.H2N8.W.H/c;1-3-5-7-8-6-4-2;;/h1H;(H2,1,4,5,8);;/q;;+1;/p-1/i;;;1+1. The fraction of sp³-hybridized carbons (Fsp3) is 0. The summed E-state index contributed by atoms with van der Waals surface area (Å²) in [6.45, 7) is 0. The summed E-state index contributed by atoms with van der Waals surface area (Å²) in [5, 5.41) is 18.0. The molecule has 0 radical (unpaired) electrons. The number of nitrogens with zero attached hydrogens (tertiary/aromatic N) is 7. The third kappa shape index (κ3) is 7.82. The van der Waals surface area contributed by atoms with E-state index in [0.29, 0.717) is 0 Å². The number of halogens is 1. The predicted molar refractivity (Wildman–Crippen MR) is 36.6 cm³/mol. The van der Waals surface area contributed by atoms with Crippen molar-refractivity contribution in [2.45, 2.75) is 0 Å². The van der Waals surface area contributed by atoms with Crippen LogP contribution >= 0.6 is 19.4 Å². The minimum absolute atomic E-state index is 1.92. The van der Waals surface area contributed by atoms with Crippen molar-refractivity contribution < 1.29 is 14.5 Å². The zero-order chi connectivity index (χ0) is 8.53. The van der Waals surface area contributed by atoms with Crippen LogP contribution in [-0.2, 0) is 14.5 Å². The van der Waals surface area contributed by atoms with Crippen molar-refractivity contribution in [2.75, 3.05) is 0 Å². The molecule has 0 aliphatic rings. The van der Waals surface area contributed by atoms with Crippen LogP contribution in [0.3, 0.4) is 0 Å². The summed E-state index contributed by atoms with van der Waals surface area (Å²) in [6, 6.07) is 0. The van der Waals surface area contributed by atoms with E-state index in [1.54, 1.807) is 0 Å². The van der Waals surface area contributed by atoms with E-state index < -0.39 is 14.5 Å². The van der Waals surface area contributed by atoms with Gasteiger partial charge >= 0.3 is 75.4 Å². The van der Waals surface area contributed by atoms with Crippen LogP contribution in [0.25, 0.3) is 0 Å². The summed E-state index contributed by atoms with van der Waals surface area (Å²) in [5.41, 5.74) is 0. The summed E-state index contributed by atoms with van der Waals surface area (Å²) in [7, 11) is 0. The molecule has 0 aliphatic carbocycles. The van der Waals surface area contributed by atoms with Crippen LogP contribution in [-0.4, -0.2) is 0.749 Å². The number of nitrogens with two attached hydrogens (primary N) is 1. The van der Waals surface area contributed by atoms with Crippen LogP contribution in [0.5, 0.6) is 0 Å². The van der Waals surface area contributed by atoms with Crippen molar-refractivity contribution in [3.05, 3.63) is 0 Å². The van der Waals surface area contributed by atoms with Crippen LogP contribution in [0, 0.1) is 0 Å². The molecule has 0 saturated carbocycles. The van der Waals surface area contributed by atoms with Crippen molar-refractivity contribution in [3.8, 4) is 0 Å². The van der Waals surface area contributed by atoms with Gasteiger partial charge in [0.05, 0.1) is 0 Å². The average molecular weight is 427 g/mol. The quantitative estimate of drug-likeness (QED) is 0.312. The van der Waals surface area contributed by atoms with Gasteiger partial charge in [-0.15, -0.1) is 0 Å². The van der Waals surface area contributed by atoms with E-state index >= 15 is 0 Å². The predicted octanol–water partition coefficient (Wildman–Crippen LogP) is 1.31. The van der Waals surface area contributed by atoms with Gasteiger partial charge in [-0.25, -0.2) is 0 Å². The first-order valence-electron chi connectivity index (χ1n) is 2.20. The zero-order valence-corrected chi connectivity index (χ0v) is 9.58. The molecule has 0 aromatic carbocycles. The fourth-order valence-electron chi connectivity index (χ4n) is 0.107. The van der Waals surface area contributed by atoms with Gasteiger partial charge in [-0.3, -0.25) is 0 Å². The van der Waals surface area contributed by atoms with Crippen LogP contribution in [0.2, 0.25) is 0 Å². The van der Waals surface area contributed by atoms with Crippen LogP contribution in [0.15, 0.2) is 34.9 Å². The third-order valence-corrected chi connectivity index (χ3v) is 2.21. The monoisotopic (exact) mass is 427 g/mol. The van der Waals surface area contributed by atoms with Gasteiger partial charge in [0, 0.05) is 0 Å². The van der Waals surface area contributed by atoms with Crippen molar-refractivity contribution in [1.29, 1.82) is 0.749 Å². The Hall–Kier alpha value is -0.182. The first-order chi connectivity index (χ1) is 5.27. The van der Waals surface area contributed by atoms with Gasteiger partial charge in [0.25, 0.3) is 0 Å². The summed E-state index contributed by atoms with van der Waals surface area (Å²) >= 11 is -0.361. The molecule has 0 spiro atoms. The fourth-order valence-corrected chi connectivity index (χ4v) is 0.968. The third-order valence-electron chi connectivity index (χ3n) is 0.279. The van der Waals surface area contributed by atoms with E-state index in [2.05, 4.69) is 40.8 Å². The Labute approximate surface area is 75.2 Å². The molecule has 0 unspecified atom stereocenters. The first kappa shape index (κ1) is 7.92. The van der Waals surface area contributed by atoms with Crippen molar-refractivity contribution in [1.82, 2.24) is 0 Å². The molecule has 0 saturated heterocycles. The molecule has 0 aromatic heterocycles. The summed E-state index contributed by atoms with van der Waals surface area (Å²) in [4.78, 5) is 0. The van der Waals surface area contributed by atoms with E-state index in [-0.39, 0.29) is 0 Å². The van der Waals surface area contributed by atoms with Crippen molar-refractivity contribution in [2.24, 2.45) is 40.8 Å². The Morgan fingerprint density at radius 3 is 2.40 bits per heavy atom. The summed E-state index contributed by atoms with van der Waals surface area (Å²) in [5.74, 6) is 4.58. The molecule has 0 heterocycles. The Kier molecular flexibility index (Phi) is 6.98. The van der Waals surface area contributed by atoms with Gasteiger partial charge in [0.15, 0.2) is 0 Å². The van der Waals surface area contributed by atoms with E-state index in [1.165, 1.54) is 0 Å². The first-order valence-corrected chi connectivity index (χ1v) is 11.4. The van der Waals surface area contributed by atoms with Gasteiger partial charge in [0.2, 0.25) is 0 Å². The second kappa shape index (κ2) is 8.82. The minimum atomic E-state index is -2.28. The maximum absolute atomic E-state index is 7.02. The molecule has 0 aliphatic heterocycles. The van der Waals surface area contributed by atoms with E-state index in [0.717, 1.165) is 0 Å². The van der Waals surface area contributed by atoms with Gasteiger partial charge in [-0.05, 0) is 0 Å². The van der Waals surface area contributed by atoms with Gasteiger partial charge < -0.3 is 0 Å². The van der Waals surface area contributed by atoms with Crippen LogP contribution < -0.4 is 5.84 Å². The Morgan fingerprint density at radius 1 is 1.20 bits per heavy atom. The van der Waals surface area contributed by atoms with E-state index in [4.69, 9.17) is 0.749 Å².